The van der Waals surface area contributed by atoms with E-state index in [4.69, 9.17) is 28.0 Å². The van der Waals surface area contributed by atoms with Crippen LogP contribution in [0.4, 0.5) is 0 Å². The molecule has 1 atom stereocenters. The minimum absolute atomic E-state index is 0.139. The lowest BCUT2D eigenvalue weighted by atomic mass is 9.84. The van der Waals surface area contributed by atoms with Crippen molar-refractivity contribution in [3.8, 4) is 0 Å². The van der Waals surface area contributed by atoms with Crippen molar-refractivity contribution in [1.29, 1.82) is 0 Å². The van der Waals surface area contributed by atoms with Crippen LogP contribution in [0.3, 0.4) is 0 Å². The molecule has 0 saturated carbocycles. The highest BCUT2D eigenvalue weighted by Crippen LogP contribution is 2.34. The molecule has 3 rings (SSSR count). The number of benzene rings is 2. The van der Waals surface area contributed by atoms with Crippen molar-refractivity contribution in [2.75, 3.05) is 33.4 Å². The average Bonchev–Trinajstić information content (AvgIpc) is 2.77. The molecule has 2 N–H and O–H groups in total. The van der Waals surface area contributed by atoms with Gasteiger partial charge in [0.2, 0.25) is 0 Å². The van der Waals surface area contributed by atoms with E-state index in [0.29, 0.717) is 28.6 Å². The standard InChI is InChI=1S/C23H28Cl2N2O3/c1-30-26-22(16-28)19(17-7-8-20(24)21(25)15-17)9-12-27-13-10-23(29,11-14-27)18-5-3-2-4-6-18/h2-8,15,19,28-29H,9-14,16H2,1H3/b26-22+. The van der Waals surface area contributed by atoms with E-state index in [1.807, 2.05) is 42.5 Å². The number of nitrogens with zero attached hydrogens (tertiary/aromatic N) is 2. The Bertz CT molecular complexity index is 853. The van der Waals surface area contributed by atoms with Gasteiger partial charge in [-0.1, -0.05) is 64.8 Å². The minimum Gasteiger partial charge on any atom is -0.399 e. The molecule has 0 spiro atoms. The van der Waals surface area contributed by atoms with E-state index in [2.05, 4.69) is 10.1 Å². The molecule has 1 heterocycles. The summed E-state index contributed by atoms with van der Waals surface area (Å²) in [6.45, 7) is 2.20. The van der Waals surface area contributed by atoms with Gasteiger partial charge in [0, 0.05) is 19.0 Å². The van der Waals surface area contributed by atoms with Crippen LogP contribution < -0.4 is 0 Å². The third-order valence-corrected chi connectivity index (χ3v) is 6.59. The maximum Gasteiger partial charge on any atom is 0.106 e. The van der Waals surface area contributed by atoms with Gasteiger partial charge in [-0.25, -0.2) is 0 Å². The molecule has 1 unspecified atom stereocenters. The lowest BCUT2D eigenvalue weighted by Gasteiger charge is -2.39. The number of halogens is 2. The number of hydrogen-bond donors (Lipinski definition) is 2. The van der Waals surface area contributed by atoms with Crippen LogP contribution in [0.5, 0.6) is 0 Å². The first-order chi connectivity index (χ1) is 14.5. The van der Waals surface area contributed by atoms with Crippen molar-refractivity contribution in [3.05, 3.63) is 69.7 Å². The summed E-state index contributed by atoms with van der Waals surface area (Å²) in [6, 6.07) is 15.4. The van der Waals surface area contributed by atoms with E-state index >= 15 is 0 Å². The van der Waals surface area contributed by atoms with Gasteiger partial charge in [-0.15, -0.1) is 0 Å². The number of aliphatic hydroxyl groups is 2. The summed E-state index contributed by atoms with van der Waals surface area (Å²) in [4.78, 5) is 7.28. The van der Waals surface area contributed by atoms with Gasteiger partial charge in [-0.2, -0.15) is 0 Å². The Morgan fingerprint density at radius 3 is 2.43 bits per heavy atom. The van der Waals surface area contributed by atoms with Crippen LogP contribution >= 0.6 is 23.2 Å². The van der Waals surface area contributed by atoms with Gasteiger partial charge in [0.25, 0.3) is 0 Å². The van der Waals surface area contributed by atoms with E-state index in [0.717, 1.165) is 37.2 Å². The third-order valence-electron chi connectivity index (χ3n) is 5.85. The normalized spacial score (nSPS) is 18.2. The number of oxime groups is 1. The quantitative estimate of drug-likeness (QED) is 0.460. The van der Waals surface area contributed by atoms with E-state index < -0.39 is 5.60 Å². The smallest absolute Gasteiger partial charge is 0.106 e. The molecule has 0 radical (unpaired) electrons. The molecule has 1 aliphatic heterocycles. The summed E-state index contributed by atoms with van der Waals surface area (Å²) in [7, 11) is 1.47. The molecule has 1 saturated heterocycles. The number of rotatable bonds is 8. The second-order valence-electron chi connectivity index (χ2n) is 7.68. The van der Waals surface area contributed by atoms with Crippen molar-refractivity contribution in [3.63, 3.8) is 0 Å². The molecule has 1 fully saturated rings. The maximum absolute atomic E-state index is 11.0. The third kappa shape index (κ3) is 5.54. The van der Waals surface area contributed by atoms with Crippen LogP contribution in [0.2, 0.25) is 10.0 Å². The monoisotopic (exact) mass is 450 g/mol. The molecule has 30 heavy (non-hydrogen) atoms. The Hall–Kier alpha value is -1.63. The first-order valence-electron chi connectivity index (χ1n) is 10.1. The van der Waals surface area contributed by atoms with Crippen molar-refractivity contribution >= 4 is 28.9 Å². The molecule has 1 aliphatic rings. The second-order valence-corrected chi connectivity index (χ2v) is 8.49. The number of aliphatic hydroxyl groups excluding tert-OH is 1. The maximum atomic E-state index is 11.0. The Labute approximate surface area is 187 Å². The molecule has 2 aromatic carbocycles. The highest BCUT2D eigenvalue weighted by atomic mass is 35.5. The molecule has 2 aromatic rings. The Morgan fingerprint density at radius 1 is 1.13 bits per heavy atom. The fraction of sp³-hybridized carbons (Fsp3) is 0.435. The van der Waals surface area contributed by atoms with Gasteiger partial charge in [0.15, 0.2) is 0 Å². The van der Waals surface area contributed by atoms with Crippen LogP contribution in [0.1, 0.15) is 36.3 Å². The van der Waals surface area contributed by atoms with Crippen molar-refractivity contribution in [1.82, 2.24) is 4.90 Å². The summed E-state index contributed by atoms with van der Waals surface area (Å²) < 4.78 is 0. The van der Waals surface area contributed by atoms with Crippen LogP contribution in [-0.4, -0.2) is 54.2 Å². The van der Waals surface area contributed by atoms with Gasteiger partial charge < -0.3 is 20.0 Å². The van der Waals surface area contributed by atoms with Gasteiger partial charge in [-0.05, 0) is 49.1 Å². The molecule has 0 amide bonds. The predicted octanol–water partition coefficient (Wildman–Crippen LogP) is 4.45. The largest absolute Gasteiger partial charge is 0.399 e. The summed E-state index contributed by atoms with van der Waals surface area (Å²) in [5, 5.41) is 25.9. The highest BCUT2D eigenvalue weighted by molar-refractivity contribution is 6.42. The van der Waals surface area contributed by atoms with Crippen molar-refractivity contribution in [2.24, 2.45) is 5.16 Å². The zero-order chi connectivity index (χ0) is 21.6. The number of hydrogen-bond acceptors (Lipinski definition) is 5. The highest BCUT2D eigenvalue weighted by Gasteiger charge is 2.34. The van der Waals surface area contributed by atoms with Gasteiger partial charge in [0.1, 0.15) is 7.11 Å². The van der Waals surface area contributed by atoms with E-state index in [1.165, 1.54) is 7.11 Å². The molecule has 0 bridgehead atoms. The summed E-state index contributed by atoms with van der Waals surface area (Å²) in [5.41, 5.74) is 1.70. The van der Waals surface area contributed by atoms with E-state index in [-0.39, 0.29) is 12.5 Å². The average molecular weight is 451 g/mol. The first kappa shape index (κ1) is 23.0. The topological polar surface area (TPSA) is 65.3 Å². The summed E-state index contributed by atoms with van der Waals surface area (Å²) >= 11 is 12.3. The lowest BCUT2D eigenvalue weighted by Crippen LogP contribution is -2.43. The molecular weight excluding hydrogens is 423 g/mol. The van der Waals surface area contributed by atoms with E-state index in [9.17, 15) is 10.2 Å². The fourth-order valence-electron chi connectivity index (χ4n) is 4.07. The Morgan fingerprint density at radius 2 is 1.83 bits per heavy atom. The van der Waals surface area contributed by atoms with Gasteiger partial charge in [-0.3, -0.25) is 0 Å². The van der Waals surface area contributed by atoms with Gasteiger partial charge >= 0.3 is 0 Å². The molecule has 0 aliphatic carbocycles. The first-order valence-corrected chi connectivity index (χ1v) is 10.9. The number of likely N-dealkylation sites (tertiary alicyclic amines) is 1. The van der Waals surface area contributed by atoms with Crippen LogP contribution in [0.15, 0.2) is 53.7 Å². The van der Waals surface area contributed by atoms with E-state index in [1.54, 1.807) is 6.07 Å². The molecular formula is C23H28Cl2N2O3. The number of piperidine rings is 1. The summed E-state index contributed by atoms with van der Waals surface area (Å²) in [6.07, 6.45) is 2.12. The second kappa shape index (κ2) is 10.6. The SMILES string of the molecule is CO/N=C(\CO)C(CCN1CCC(O)(c2ccccc2)CC1)c1ccc(Cl)c(Cl)c1. The Balaban J connectivity index is 1.67. The van der Waals surface area contributed by atoms with Gasteiger partial charge in [0.05, 0.1) is 28.0 Å². The van der Waals surface area contributed by atoms with Crippen LogP contribution in [0.25, 0.3) is 0 Å². The van der Waals surface area contributed by atoms with Crippen molar-refractivity contribution in [2.45, 2.75) is 30.8 Å². The van der Waals surface area contributed by atoms with Crippen LogP contribution in [-0.2, 0) is 10.4 Å². The predicted molar refractivity (Wildman–Crippen MR) is 121 cm³/mol. The molecule has 5 nitrogen and oxygen atoms in total. The zero-order valence-electron chi connectivity index (χ0n) is 17.1. The minimum atomic E-state index is -0.769. The lowest BCUT2D eigenvalue weighted by molar-refractivity contribution is -0.0261. The van der Waals surface area contributed by atoms with Crippen LogP contribution in [0, 0.1) is 0 Å². The molecule has 0 aromatic heterocycles. The summed E-state index contributed by atoms with van der Waals surface area (Å²) in [5.74, 6) is -0.139. The zero-order valence-corrected chi connectivity index (χ0v) is 18.6. The fourth-order valence-corrected chi connectivity index (χ4v) is 4.38. The van der Waals surface area contributed by atoms with Crippen molar-refractivity contribution < 1.29 is 15.1 Å². The Kier molecular flexibility index (Phi) is 8.14. The molecule has 162 valence electrons. The molecule has 7 heteroatoms.